The van der Waals surface area contributed by atoms with Crippen LogP contribution in [0.15, 0.2) is 29.1 Å². The van der Waals surface area contributed by atoms with Crippen molar-refractivity contribution < 1.29 is 9.47 Å². The first-order chi connectivity index (χ1) is 10.2. The minimum Gasteiger partial charge on any atom is -0.493 e. The Morgan fingerprint density at radius 3 is 2.86 bits per heavy atom. The molecule has 0 aliphatic heterocycles. The minimum absolute atomic E-state index is 0.441. The molecule has 1 heterocycles. The van der Waals surface area contributed by atoms with Crippen LogP contribution in [0.5, 0.6) is 11.5 Å². The molecule has 0 saturated carbocycles. The number of benzene rings is 1. The average molecular weight is 354 g/mol. The molecule has 0 fully saturated rings. The van der Waals surface area contributed by atoms with Gasteiger partial charge in [0.1, 0.15) is 6.61 Å². The molecule has 1 aromatic carbocycles. The third-order valence-corrected chi connectivity index (χ3v) is 3.74. The van der Waals surface area contributed by atoms with E-state index in [1.165, 1.54) is 0 Å². The number of imidazole rings is 1. The number of halogens is 1. The third-order valence-electron chi connectivity index (χ3n) is 3.15. The fourth-order valence-corrected chi connectivity index (χ4v) is 2.69. The maximum atomic E-state index is 5.92. The lowest BCUT2D eigenvalue weighted by Crippen LogP contribution is -2.06. The van der Waals surface area contributed by atoms with Crippen LogP contribution in [0.1, 0.15) is 24.6 Å². The van der Waals surface area contributed by atoms with E-state index in [4.69, 9.17) is 15.2 Å². The molecule has 0 radical (unpaired) electrons. The van der Waals surface area contributed by atoms with Crippen LogP contribution in [0.2, 0.25) is 0 Å². The van der Waals surface area contributed by atoms with Gasteiger partial charge >= 0.3 is 0 Å². The van der Waals surface area contributed by atoms with Crippen LogP contribution in [0, 0.1) is 0 Å². The zero-order chi connectivity index (χ0) is 15.2. The number of methoxy groups -OCH3 is 1. The fraction of sp³-hybridized carbons (Fsp3) is 0.400. The summed E-state index contributed by atoms with van der Waals surface area (Å²) in [6.45, 7) is 3.97. The van der Waals surface area contributed by atoms with Gasteiger partial charge in [-0.1, -0.05) is 6.92 Å². The number of aryl methyl sites for hydroxylation is 1. The largest absolute Gasteiger partial charge is 0.493 e. The molecule has 21 heavy (non-hydrogen) atoms. The van der Waals surface area contributed by atoms with Crippen molar-refractivity contribution in [1.82, 2.24) is 9.55 Å². The van der Waals surface area contributed by atoms with Crippen molar-refractivity contribution >= 4 is 15.9 Å². The fourth-order valence-electron chi connectivity index (χ4n) is 2.09. The quantitative estimate of drug-likeness (QED) is 0.830. The van der Waals surface area contributed by atoms with Gasteiger partial charge in [-0.3, -0.25) is 0 Å². The molecule has 0 aliphatic rings. The second-order valence-corrected chi connectivity index (χ2v) is 5.53. The summed E-state index contributed by atoms with van der Waals surface area (Å²) in [5.74, 6) is 1.35. The predicted molar refractivity (Wildman–Crippen MR) is 85.4 cm³/mol. The van der Waals surface area contributed by atoms with Gasteiger partial charge in [-0.25, -0.2) is 4.98 Å². The maximum Gasteiger partial charge on any atom is 0.175 e. The lowest BCUT2D eigenvalue weighted by atomic mass is 10.2. The molecule has 0 aliphatic carbocycles. The van der Waals surface area contributed by atoms with Crippen LogP contribution >= 0.6 is 15.9 Å². The molecule has 1 aromatic heterocycles. The molecule has 0 amide bonds. The monoisotopic (exact) mass is 353 g/mol. The first kappa shape index (κ1) is 15.9. The number of hydrogen-bond donors (Lipinski definition) is 1. The number of rotatable bonds is 7. The van der Waals surface area contributed by atoms with Gasteiger partial charge in [0.05, 0.1) is 29.8 Å². The van der Waals surface area contributed by atoms with Gasteiger partial charge in [-0.15, -0.1) is 0 Å². The molecule has 0 spiro atoms. The van der Waals surface area contributed by atoms with Gasteiger partial charge in [0.15, 0.2) is 11.5 Å². The van der Waals surface area contributed by atoms with Crippen LogP contribution in [-0.2, 0) is 19.7 Å². The Kier molecular flexibility index (Phi) is 5.64. The topological polar surface area (TPSA) is 62.3 Å². The van der Waals surface area contributed by atoms with E-state index >= 15 is 0 Å². The van der Waals surface area contributed by atoms with Crippen molar-refractivity contribution in [3.05, 3.63) is 40.4 Å². The molecular weight excluding hydrogens is 334 g/mol. The highest BCUT2D eigenvalue weighted by Crippen LogP contribution is 2.37. The molecule has 2 aromatic rings. The predicted octanol–water partition coefficient (Wildman–Crippen LogP) is 3.10. The lowest BCUT2D eigenvalue weighted by molar-refractivity contribution is 0.273. The van der Waals surface area contributed by atoms with E-state index < -0.39 is 0 Å². The second kappa shape index (κ2) is 7.47. The Morgan fingerprint density at radius 2 is 2.19 bits per heavy atom. The van der Waals surface area contributed by atoms with Crippen molar-refractivity contribution in [3.8, 4) is 11.5 Å². The Balaban J connectivity index is 2.17. The van der Waals surface area contributed by atoms with E-state index in [-0.39, 0.29) is 0 Å². The average Bonchev–Trinajstić information content (AvgIpc) is 2.93. The van der Waals surface area contributed by atoms with E-state index in [0.717, 1.165) is 28.7 Å². The third kappa shape index (κ3) is 3.77. The molecule has 114 valence electrons. The van der Waals surface area contributed by atoms with E-state index in [2.05, 4.69) is 32.4 Å². The van der Waals surface area contributed by atoms with Crippen molar-refractivity contribution in [2.75, 3.05) is 7.11 Å². The van der Waals surface area contributed by atoms with Gasteiger partial charge in [-0.05, 0) is 40.0 Å². The summed E-state index contributed by atoms with van der Waals surface area (Å²) < 4.78 is 14.2. The zero-order valence-corrected chi connectivity index (χ0v) is 13.9. The van der Waals surface area contributed by atoms with Gasteiger partial charge in [0.25, 0.3) is 0 Å². The molecule has 0 atom stereocenters. The smallest absolute Gasteiger partial charge is 0.175 e. The molecule has 5 nitrogen and oxygen atoms in total. The molecule has 6 heteroatoms. The summed E-state index contributed by atoms with van der Waals surface area (Å²) in [5.41, 5.74) is 7.69. The van der Waals surface area contributed by atoms with Crippen molar-refractivity contribution in [3.63, 3.8) is 0 Å². The summed E-state index contributed by atoms with van der Waals surface area (Å²) in [6, 6.07) is 3.84. The summed E-state index contributed by atoms with van der Waals surface area (Å²) in [5, 5.41) is 0. The lowest BCUT2D eigenvalue weighted by Gasteiger charge is -2.14. The summed E-state index contributed by atoms with van der Waals surface area (Å²) in [7, 11) is 1.62. The Labute approximate surface area is 133 Å². The van der Waals surface area contributed by atoms with Crippen LogP contribution in [0.25, 0.3) is 0 Å². The van der Waals surface area contributed by atoms with Gasteiger partial charge in [0, 0.05) is 13.1 Å². The molecule has 2 N–H and O–H groups in total. The Morgan fingerprint density at radius 1 is 1.38 bits per heavy atom. The van der Waals surface area contributed by atoms with Crippen LogP contribution in [0.3, 0.4) is 0 Å². The summed E-state index contributed by atoms with van der Waals surface area (Å²) in [6.07, 6.45) is 4.71. The van der Waals surface area contributed by atoms with Crippen LogP contribution in [0.4, 0.5) is 0 Å². The number of hydrogen-bond acceptors (Lipinski definition) is 4. The van der Waals surface area contributed by atoms with Crippen molar-refractivity contribution in [2.45, 2.75) is 33.0 Å². The number of aromatic nitrogens is 2. The van der Waals surface area contributed by atoms with E-state index in [1.54, 1.807) is 7.11 Å². The summed E-state index contributed by atoms with van der Waals surface area (Å²) >= 11 is 3.51. The molecule has 0 bridgehead atoms. The molecule has 0 unspecified atom stereocenters. The van der Waals surface area contributed by atoms with Crippen molar-refractivity contribution in [1.29, 1.82) is 0 Å². The zero-order valence-electron chi connectivity index (χ0n) is 12.3. The highest BCUT2D eigenvalue weighted by molar-refractivity contribution is 9.10. The van der Waals surface area contributed by atoms with Crippen molar-refractivity contribution in [2.24, 2.45) is 5.73 Å². The second-order valence-electron chi connectivity index (χ2n) is 4.68. The van der Waals surface area contributed by atoms with E-state index in [1.807, 2.05) is 24.7 Å². The van der Waals surface area contributed by atoms with Crippen LogP contribution in [-0.4, -0.2) is 16.7 Å². The van der Waals surface area contributed by atoms with Gasteiger partial charge in [0.2, 0.25) is 0 Å². The first-order valence-corrected chi connectivity index (χ1v) is 7.67. The molecule has 2 rings (SSSR count). The Hall–Kier alpha value is -1.53. The Bertz CT molecular complexity index is 599. The maximum absolute atomic E-state index is 5.92. The normalized spacial score (nSPS) is 10.7. The first-order valence-electron chi connectivity index (χ1n) is 6.87. The minimum atomic E-state index is 0.441. The van der Waals surface area contributed by atoms with Gasteiger partial charge < -0.3 is 19.8 Å². The van der Waals surface area contributed by atoms with E-state index in [0.29, 0.717) is 24.7 Å². The SMILES string of the molecule is CCCn1cncc1COc1c(Br)cc(CN)cc1OC. The highest BCUT2D eigenvalue weighted by Gasteiger charge is 2.12. The van der Waals surface area contributed by atoms with Crippen LogP contribution < -0.4 is 15.2 Å². The van der Waals surface area contributed by atoms with Gasteiger partial charge in [-0.2, -0.15) is 0 Å². The standard InChI is InChI=1S/C15H20BrN3O2/c1-3-4-19-10-18-8-12(19)9-21-15-13(16)5-11(7-17)6-14(15)20-2/h5-6,8,10H,3-4,7,9,17H2,1-2H3. The highest BCUT2D eigenvalue weighted by atomic mass is 79.9. The van der Waals surface area contributed by atoms with E-state index in [9.17, 15) is 0 Å². The number of nitrogens with zero attached hydrogens (tertiary/aromatic N) is 2. The number of nitrogens with two attached hydrogens (primary N) is 1. The molecule has 0 saturated heterocycles. The number of ether oxygens (including phenoxy) is 2. The molecular formula is C15H20BrN3O2. The summed E-state index contributed by atoms with van der Waals surface area (Å²) in [4.78, 5) is 4.17.